The topological polar surface area (TPSA) is 29.9 Å². The number of hydrogen-bond acceptors (Lipinski definition) is 3. The first-order valence-electron chi connectivity index (χ1n) is 7.14. The van der Waals surface area contributed by atoms with Crippen molar-refractivity contribution in [3.63, 3.8) is 0 Å². The molecule has 5 heteroatoms. The lowest BCUT2D eigenvalue weighted by molar-refractivity contribution is 0.548. The van der Waals surface area contributed by atoms with Gasteiger partial charge in [0.05, 0.1) is 5.69 Å². The van der Waals surface area contributed by atoms with E-state index in [0.717, 1.165) is 28.7 Å². The Hall–Kier alpha value is -1.33. The van der Waals surface area contributed by atoms with Gasteiger partial charge in [-0.2, -0.15) is 5.10 Å². The van der Waals surface area contributed by atoms with E-state index < -0.39 is 0 Å². The third-order valence-corrected chi connectivity index (χ3v) is 4.35. The number of halogens is 1. The first kappa shape index (κ1) is 16.0. The number of rotatable bonds is 6. The Morgan fingerprint density at radius 2 is 2.14 bits per heavy atom. The fourth-order valence-corrected chi connectivity index (χ4v) is 3.20. The van der Waals surface area contributed by atoms with E-state index in [4.69, 9.17) is 0 Å². The van der Waals surface area contributed by atoms with Gasteiger partial charge in [-0.15, -0.1) is 0 Å². The van der Waals surface area contributed by atoms with Gasteiger partial charge >= 0.3 is 0 Å². The van der Waals surface area contributed by atoms with Crippen molar-refractivity contribution in [3.8, 4) is 0 Å². The van der Waals surface area contributed by atoms with Crippen LogP contribution in [-0.4, -0.2) is 16.3 Å². The van der Waals surface area contributed by atoms with Crippen LogP contribution in [0.5, 0.6) is 0 Å². The normalized spacial score (nSPS) is 11.3. The van der Waals surface area contributed by atoms with Crippen LogP contribution < -0.4 is 5.32 Å². The van der Waals surface area contributed by atoms with Crippen molar-refractivity contribution in [1.82, 2.24) is 15.1 Å². The smallest absolute Gasteiger partial charge is 0.124 e. The first-order chi connectivity index (χ1) is 9.97. The summed E-state index contributed by atoms with van der Waals surface area (Å²) in [4.78, 5) is 0.892. The summed E-state index contributed by atoms with van der Waals surface area (Å²) in [5.74, 6) is 0.402. The van der Waals surface area contributed by atoms with Gasteiger partial charge in [0, 0.05) is 24.1 Å². The summed E-state index contributed by atoms with van der Waals surface area (Å²) in [5, 5.41) is 9.01. The number of nitrogens with one attached hydrogen (secondary N) is 1. The van der Waals surface area contributed by atoms with Crippen LogP contribution in [0, 0.1) is 18.7 Å². The summed E-state index contributed by atoms with van der Waals surface area (Å²) >= 11 is 1.56. The molecule has 1 N–H and O–H groups in total. The van der Waals surface area contributed by atoms with Crippen molar-refractivity contribution in [1.29, 1.82) is 0 Å². The molecule has 0 bridgehead atoms. The molecule has 114 valence electrons. The third-order valence-electron chi connectivity index (χ3n) is 3.15. The lowest BCUT2D eigenvalue weighted by Gasteiger charge is -2.09. The zero-order valence-electron chi connectivity index (χ0n) is 13.0. The number of hydrogen-bond donors (Lipinski definition) is 1. The van der Waals surface area contributed by atoms with Crippen molar-refractivity contribution < 1.29 is 4.39 Å². The van der Waals surface area contributed by atoms with Crippen LogP contribution in [0.4, 0.5) is 4.39 Å². The maximum atomic E-state index is 13.3. The van der Waals surface area contributed by atoms with Crippen molar-refractivity contribution in [2.24, 2.45) is 13.0 Å². The van der Waals surface area contributed by atoms with E-state index in [-0.39, 0.29) is 5.82 Å². The van der Waals surface area contributed by atoms with Crippen LogP contribution in [0.1, 0.15) is 25.1 Å². The highest BCUT2D eigenvalue weighted by Crippen LogP contribution is 2.31. The summed E-state index contributed by atoms with van der Waals surface area (Å²) in [5.41, 5.74) is 2.21. The van der Waals surface area contributed by atoms with Gasteiger partial charge in [-0.1, -0.05) is 31.7 Å². The molecule has 0 radical (unpaired) electrons. The van der Waals surface area contributed by atoms with Gasteiger partial charge in [0.1, 0.15) is 10.8 Å². The highest BCUT2D eigenvalue weighted by atomic mass is 32.2. The Morgan fingerprint density at radius 3 is 2.81 bits per heavy atom. The Labute approximate surface area is 129 Å². The van der Waals surface area contributed by atoms with Crippen LogP contribution in [0.25, 0.3) is 0 Å². The van der Waals surface area contributed by atoms with E-state index in [1.54, 1.807) is 23.9 Å². The van der Waals surface area contributed by atoms with E-state index in [9.17, 15) is 4.39 Å². The molecule has 1 aromatic heterocycles. The van der Waals surface area contributed by atoms with Gasteiger partial charge in [-0.05, 0) is 37.6 Å². The van der Waals surface area contributed by atoms with Crippen molar-refractivity contribution in [2.75, 3.05) is 6.54 Å². The highest BCUT2D eigenvalue weighted by molar-refractivity contribution is 7.99. The van der Waals surface area contributed by atoms with Crippen LogP contribution in [0.15, 0.2) is 34.2 Å². The molecule has 0 saturated carbocycles. The molecular formula is C16H22FN3S. The minimum Gasteiger partial charge on any atom is -0.312 e. The zero-order valence-corrected chi connectivity index (χ0v) is 13.8. The molecule has 0 fully saturated rings. The van der Waals surface area contributed by atoms with E-state index >= 15 is 0 Å². The van der Waals surface area contributed by atoms with Gasteiger partial charge in [0.2, 0.25) is 0 Å². The monoisotopic (exact) mass is 307 g/mol. The minimum absolute atomic E-state index is 0.210. The van der Waals surface area contributed by atoms with Crippen LogP contribution >= 0.6 is 11.8 Å². The lowest BCUT2D eigenvalue weighted by atomic mass is 10.2. The third kappa shape index (κ3) is 4.32. The molecule has 0 atom stereocenters. The molecular weight excluding hydrogens is 285 g/mol. The molecule has 3 nitrogen and oxygen atoms in total. The molecule has 2 rings (SSSR count). The van der Waals surface area contributed by atoms with Crippen LogP contribution in [-0.2, 0) is 13.6 Å². The molecule has 0 aliphatic carbocycles. The molecule has 0 spiro atoms. The van der Waals surface area contributed by atoms with Gasteiger partial charge in [-0.3, -0.25) is 4.68 Å². The summed E-state index contributed by atoms with van der Waals surface area (Å²) in [7, 11) is 1.93. The summed E-state index contributed by atoms with van der Waals surface area (Å²) < 4.78 is 15.2. The molecule has 1 aromatic carbocycles. The molecule has 0 aliphatic rings. The van der Waals surface area contributed by atoms with Crippen molar-refractivity contribution in [3.05, 3.63) is 41.3 Å². The van der Waals surface area contributed by atoms with Crippen molar-refractivity contribution in [2.45, 2.75) is 37.2 Å². The number of nitrogens with zero attached hydrogens (tertiary/aromatic N) is 2. The standard InChI is InChI=1S/C16H22FN3S/c1-11(2)9-18-10-15-12(3)19-20(4)16(15)21-14-7-5-6-13(17)8-14/h5-8,11,18H,9-10H2,1-4H3. The predicted octanol–water partition coefficient (Wildman–Crippen LogP) is 3.76. The number of benzene rings is 1. The zero-order chi connectivity index (χ0) is 15.4. The van der Waals surface area contributed by atoms with Gasteiger partial charge < -0.3 is 5.32 Å². The molecule has 0 aliphatic heterocycles. The Kier molecular flexibility index (Phi) is 5.42. The van der Waals surface area contributed by atoms with Gasteiger partial charge in [0.15, 0.2) is 0 Å². The first-order valence-corrected chi connectivity index (χ1v) is 7.95. The molecule has 2 aromatic rings. The molecule has 0 unspecified atom stereocenters. The maximum absolute atomic E-state index is 13.3. The average Bonchev–Trinajstić information content (AvgIpc) is 2.65. The summed E-state index contributed by atoms with van der Waals surface area (Å²) in [6.45, 7) is 8.15. The second kappa shape index (κ2) is 7.09. The fraction of sp³-hybridized carbons (Fsp3) is 0.438. The Balaban J connectivity index is 2.18. The predicted molar refractivity (Wildman–Crippen MR) is 85.0 cm³/mol. The van der Waals surface area contributed by atoms with Gasteiger partial charge in [-0.25, -0.2) is 4.39 Å². The van der Waals surface area contributed by atoms with E-state index in [0.29, 0.717) is 5.92 Å². The quantitative estimate of drug-likeness (QED) is 0.881. The second-order valence-corrected chi connectivity index (χ2v) is 6.64. The molecule has 0 saturated heterocycles. The van der Waals surface area contributed by atoms with Crippen LogP contribution in [0.2, 0.25) is 0 Å². The average molecular weight is 307 g/mol. The molecule has 21 heavy (non-hydrogen) atoms. The maximum Gasteiger partial charge on any atom is 0.124 e. The SMILES string of the molecule is Cc1nn(C)c(Sc2cccc(F)c2)c1CNCC(C)C. The second-order valence-electron chi connectivity index (χ2n) is 5.58. The molecule has 1 heterocycles. The van der Waals surface area contributed by atoms with E-state index in [1.165, 1.54) is 11.6 Å². The fourth-order valence-electron chi connectivity index (χ4n) is 2.14. The largest absolute Gasteiger partial charge is 0.312 e. The Bertz CT molecular complexity index is 608. The van der Waals surface area contributed by atoms with Gasteiger partial charge in [0.25, 0.3) is 0 Å². The Morgan fingerprint density at radius 1 is 1.38 bits per heavy atom. The number of aromatic nitrogens is 2. The van der Waals surface area contributed by atoms with E-state index in [2.05, 4.69) is 24.3 Å². The summed E-state index contributed by atoms with van der Waals surface area (Å²) in [6.07, 6.45) is 0. The van der Waals surface area contributed by atoms with E-state index in [1.807, 2.05) is 24.7 Å². The highest BCUT2D eigenvalue weighted by Gasteiger charge is 2.14. The van der Waals surface area contributed by atoms with Crippen LogP contribution in [0.3, 0.4) is 0 Å². The van der Waals surface area contributed by atoms with Crippen molar-refractivity contribution >= 4 is 11.8 Å². The number of aryl methyl sites for hydroxylation is 2. The molecule has 0 amide bonds. The lowest BCUT2D eigenvalue weighted by Crippen LogP contribution is -2.19. The summed E-state index contributed by atoms with van der Waals surface area (Å²) in [6, 6.07) is 6.67. The minimum atomic E-state index is -0.210.